The Bertz CT molecular complexity index is 1630. The molecule has 0 bridgehead atoms. The van der Waals surface area contributed by atoms with Gasteiger partial charge in [0.1, 0.15) is 13.2 Å². The summed E-state index contributed by atoms with van der Waals surface area (Å²) in [6, 6.07) is 0. The number of carboxylic acids is 1. The maximum Gasteiger partial charge on any atom is 0.306 e. The fourth-order valence-electron chi connectivity index (χ4n) is 8.29. The van der Waals surface area contributed by atoms with E-state index in [1.54, 1.807) is 0 Å². The predicted molar refractivity (Wildman–Crippen MR) is 324 cm³/mol. The van der Waals surface area contributed by atoms with Gasteiger partial charge < -0.3 is 33.3 Å². The van der Waals surface area contributed by atoms with Crippen LogP contribution in [0.15, 0.2) is 109 Å². The zero-order chi connectivity index (χ0) is 56.2. The van der Waals surface area contributed by atoms with E-state index in [0.29, 0.717) is 23.9 Å². The van der Waals surface area contributed by atoms with Crippen molar-refractivity contribution >= 4 is 17.9 Å². The molecule has 0 aliphatic rings. The third kappa shape index (κ3) is 59.5. The second-order valence-electron chi connectivity index (χ2n) is 21.6. The van der Waals surface area contributed by atoms with Gasteiger partial charge in [0.25, 0.3) is 0 Å². The molecule has 0 spiro atoms. The van der Waals surface area contributed by atoms with Crippen molar-refractivity contribution in [3.63, 3.8) is 0 Å². The fourth-order valence-corrected chi connectivity index (χ4v) is 8.29. The largest absolute Gasteiger partial charge is 0.545 e. The maximum atomic E-state index is 12.8. The molecule has 440 valence electrons. The first-order chi connectivity index (χ1) is 37.6. The summed E-state index contributed by atoms with van der Waals surface area (Å²) in [7, 11) is 5.92. The highest BCUT2D eigenvalue weighted by molar-refractivity contribution is 5.70. The molecular formula is C68H115NO8. The number of carbonyl (C=O) groups is 3. The molecule has 0 aromatic rings. The number of ether oxygens (including phenoxy) is 4. The molecule has 0 saturated carbocycles. The van der Waals surface area contributed by atoms with Crippen LogP contribution in [0.3, 0.4) is 0 Å². The average molecular weight is 1070 g/mol. The van der Waals surface area contributed by atoms with Crippen molar-refractivity contribution in [2.24, 2.45) is 0 Å². The van der Waals surface area contributed by atoms with E-state index in [-0.39, 0.29) is 32.2 Å². The van der Waals surface area contributed by atoms with Crippen LogP contribution in [-0.2, 0) is 33.3 Å². The molecule has 0 heterocycles. The molecule has 0 N–H and O–H groups in total. The van der Waals surface area contributed by atoms with Gasteiger partial charge >= 0.3 is 11.9 Å². The lowest BCUT2D eigenvalue weighted by molar-refractivity contribution is -0.870. The average Bonchev–Trinajstić information content (AvgIpc) is 3.40. The Hall–Kier alpha value is -4.05. The summed E-state index contributed by atoms with van der Waals surface area (Å²) in [6.45, 7) is 4.62. The highest BCUT2D eigenvalue weighted by Gasteiger charge is 2.22. The number of carboxylic acid groups (broad SMARTS) is 1. The van der Waals surface area contributed by atoms with E-state index in [0.717, 1.165) is 96.3 Å². The fraction of sp³-hybridized carbons (Fsp3) is 0.691. The Labute approximate surface area is 473 Å². The zero-order valence-corrected chi connectivity index (χ0v) is 50.0. The van der Waals surface area contributed by atoms with E-state index in [9.17, 15) is 19.5 Å². The zero-order valence-electron chi connectivity index (χ0n) is 50.0. The van der Waals surface area contributed by atoms with E-state index in [1.165, 1.54) is 116 Å². The lowest BCUT2D eigenvalue weighted by Gasteiger charge is -2.26. The second kappa shape index (κ2) is 58.1. The van der Waals surface area contributed by atoms with Gasteiger partial charge in [-0.1, -0.05) is 258 Å². The van der Waals surface area contributed by atoms with Crippen LogP contribution in [0.2, 0.25) is 0 Å². The molecule has 2 atom stereocenters. The molecule has 9 heteroatoms. The lowest BCUT2D eigenvalue weighted by atomic mass is 10.0. The molecule has 0 saturated heterocycles. The van der Waals surface area contributed by atoms with Crippen molar-refractivity contribution in [1.29, 1.82) is 0 Å². The van der Waals surface area contributed by atoms with E-state index in [2.05, 4.69) is 123 Å². The maximum absolute atomic E-state index is 12.8. The molecule has 0 aliphatic carbocycles. The molecule has 0 fully saturated rings. The van der Waals surface area contributed by atoms with Crippen LogP contribution < -0.4 is 5.11 Å². The van der Waals surface area contributed by atoms with E-state index < -0.39 is 24.3 Å². The Balaban J connectivity index is 4.04. The number of quaternary nitrogens is 1. The quantitative estimate of drug-likeness (QED) is 0.0195. The summed E-state index contributed by atoms with van der Waals surface area (Å²) in [4.78, 5) is 37.2. The first-order valence-electron chi connectivity index (χ1n) is 31.0. The van der Waals surface area contributed by atoms with Gasteiger partial charge in [-0.25, -0.2) is 0 Å². The number of nitrogens with zero attached hydrogens (tertiary/aromatic N) is 1. The Morgan fingerprint density at radius 2 is 0.740 bits per heavy atom. The number of hydrogen-bond acceptors (Lipinski definition) is 8. The highest BCUT2D eigenvalue weighted by Crippen LogP contribution is 2.16. The topological polar surface area (TPSA) is 111 Å². The van der Waals surface area contributed by atoms with Crippen LogP contribution in [0.25, 0.3) is 0 Å². The standard InChI is InChI=1S/C68H115NO8/c1-6-8-10-12-14-16-18-19-20-21-22-23-24-25-26-27-28-29-30-31-32-33-34-35-36-37-38-39-40-41-42-43-44-45-46-47-49-51-53-55-57-59-66(71)77-64(63-76-68(67(72)73)74-61-60-69(3,4)5)62-75-65(70)58-56-54-52-50-48-17-15-13-11-9-7-2/h8,10,14,16,19-20,22-23,25-26,28-29,31-32,34-35,37-38,64,68H,6-7,9,11-13,15,17-18,21,24,27,30,33,36,39-63H2,1-5H3/b10-8-,16-14-,20-19-,23-22-,26-25-,29-28-,32-31-,35-34-,38-37-. The van der Waals surface area contributed by atoms with Crippen molar-refractivity contribution in [2.75, 3.05) is 47.5 Å². The van der Waals surface area contributed by atoms with Crippen LogP contribution in [0.4, 0.5) is 0 Å². The number of aliphatic carboxylic acids is 1. The summed E-state index contributed by atoms with van der Waals surface area (Å²) in [5.41, 5.74) is 0. The number of allylic oxidation sites excluding steroid dienone is 18. The second-order valence-corrected chi connectivity index (χ2v) is 21.6. The molecule has 0 rings (SSSR count). The summed E-state index contributed by atoms with van der Waals surface area (Å²) >= 11 is 0. The third-order valence-corrected chi connectivity index (χ3v) is 13.0. The number of esters is 2. The van der Waals surface area contributed by atoms with Crippen LogP contribution in [0, 0.1) is 0 Å². The van der Waals surface area contributed by atoms with Crippen LogP contribution in [-0.4, -0.2) is 82.3 Å². The molecule has 2 unspecified atom stereocenters. The van der Waals surface area contributed by atoms with Gasteiger partial charge in [0, 0.05) is 12.8 Å². The monoisotopic (exact) mass is 1070 g/mol. The molecule has 9 nitrogen and oxygen atoms in total. The minimum absolute atomic E-state index is 0.145. The van der Waals surface area contributed by atoms with Gasteiger partial charge in [-0.05, 0) is 83.5 Å². The third-order valence-electron chi connectivity index (χ3n) is 13.0. The van der Waals surface area contributed by atoms with Gasteiger partial charge in [-0.2, -0.15) is 0 Å². The van der Waals surface area contributed by atoms with Crippen molar-refractivity contribution in [1.82, 2.24) is 0 Å². The van der Waals surface area contributed by atoms with Gasteiger partial charge in [-0.3, -0.25) is 9.59 Å². The van der Waals surface area contributed by atoms with Gasteiger partial charge in [0.05, 0.1) is 40.3 Å². The minimum Gasteiger partial charge on any atom is -0.545 e. The Morgan fingerprint density at radius 1 is 0.403 bits per heavy atom. The molecule has 0 amide bonds. The van der Waals surface area contributed by atoms with Crippen molar-refractivity contribution < 1.29 is 42.9 Å². The number of likely N-dealkylation sites (N-methyl/N-ethyl adjacent to an activating group) is 1. The Kier molecular flexibility index (Phi) is 55.1. The molecule has 0 aromatic carbocycles. The minimum atomic E-state index is -1.62. The van der Waals surface area contributed by atoms with Crippen LogP contribution in [0.1, 0.15) is 245 Å². The van der Waals surface area contributed by atoms with Gasteiger partial charge in [-0.15, -0.1) is 0 Å². The Morgan fingerprint density at radius 3 is 1.10 bits per heavy atom. The molecule has 0 aliphatic heterocycles. The number of unbranched alkanes of at least 4 members (excludes halogenated alkanes) is 23. The van der Waals surface area contributed by atoms with Crippen LogP contribution in [0.5, 0.6) is 0 Å². The molecule has 77 heavy (non-hydrogen) atoms. The van der Waals surface area contributed by atoms with E-state index in [1.807, 2.05) is 21.1 Å². The first-order valence-corrected chi connectivity index (χ1v) is 31.0. The van der Waals surface area contributed by atoms with Crippen LogP contribution >= 0.6 is 0 Å². The summed E-state index contributed by atoms with van der Waals surface area (Å²) < 4.78 is 22.6. The van der Waals surface area contributed by atoms with Gasteiger partial charge in [0.15, 0.2) is 12.4 Å². The van der Waals surface area contributed by atoms with E-state index >= 15 is 0 Å². The highest BCUT2D eigenvalue weighted by atomic mass is 16.7. The summed E-state index contributed by atoms with van der Waals surface area (Å²) in [6.07, 6.45) is 77.3. The molecule has 0 aromatic heterocycles. The predicted octanol–water partition coefficient (Wildman–Crippen LogP) is 17.3. The number of carbonyl (C=O) groups excluding carboxylic acids is 3. The first kappa shape index (κ1) is 73.0. The number of rotatable bonds is 56. The summed E-state index contributed by atoms with van der Waals surface area (Å²) in [5.74, 6) is -2.29. The lowest BCUT2D eigenvalue weighted by Crippen LogP contribution is -2.44. The number of hydrogen-bond donors (Lipinski definition) is 0. The van der Waals surface area contributed by atoms with Crippen molar-refractivity contribution in [2.45, 2.75) is 257 Å². The smallest absolute Gasteiger partial charge is 0.306 e. The summed E-state index contributed by atoms with van der Waals surface area (Å²) in [5, 5.41) is 11.7. The van der Waals surface area contributed by atoms with Crippen molar-refractivity contribution in [3.8, 4) is 0 Å². The van der Waals surface area contributed by atoms with Crippen molar-refractivity contribution in [3.05, 3.63) is 109 Å². The normalized spacial score (nSPS) is 13.5. The van der Waals surface area contributed by atoms with E-state index in [4.69, 9.17) is 18.9 Å². The molecular weight excluding hydrogens is 959 g/mol. The molecule has 0 radical (unpaired) electrons. The van der Waals surface area contributed by atoms with Gasteiger partial charge in [0.2, 0.25) is 0 Å². The SMILES string of the molecule is CC/C=C\C/C=C\C/C=C\C/C=C\C/C=C\C/C=C\C/C=C\C/C=C\C/C=C\CCCCCCCCCCCCCCCC(=O)OC(COC(=O)CCCCCCCCCCCCC)COC(OCC[N+](C)(C)C)C(=O)[O-].